The lowest BCUT2D eigenvalue weighted by atomic mass is 10.1. The van der Waals surface area contributed by atoms with Crippen LogP contribution in [0, 0.1) is 0 Å². The van der Waals surface area contributed by atoms with Crippen molar-refractivity contribution in [2.24, 2.45) is 0 Å². The van der Waals surface area contributed by atoms with Crippen LogP contribution in [0.25, 0.3) is 0 Å². The van der Waals surface area contributed by atoms with Crippen molar-refractivity contribution < 1.29 is 9.53 Å². The Morgan fingerprint density at radius 2 is 2.15 bits per heavy atom. The third-order valence-electron chi connectivity index (χ3n) is 2.89. The molecule has 5 nitrogen and oxygen atoms in total. The Morgan fingerprint density at radius 1 is 1.40 bits per heavy atom. The first-order valence-corrected chi connectivity index (χ1v) is 6.70. The Bertz CT molecular complexity index is 590. The van der Waals surface area contributed by atoms with Gasteiger partial charge in [0.05, 0.1) is 12.2 Å². The normalized spacial score (nSPS) is 10.6. The number of hydrogen-bond acceptors (Lipinski definition) is 3. The molecule has 106 valence electrons. The third-order valence-corrected chi connectivity index (χ3v) is 2.89. The molecule has 20 heavy (non-hydrogen) atoms. The average molecular weight is 273 g/mol. The monoisotopic (exact) mass is 273 g/mol. The topological polar surface area (TPSA) is 67.0 Å². The SMILES string of the molecule is CCOc1ccccc1C(=O)Nc1cc(C(C)C)[nH]n1. The molecule has 2 aromatic rings. The zero-order valence-electron chi connectivity index (χ0n) is 11.9. The number of rotatable bonds is 5. The van der Waals surface area contributed by atoms with E-state index in [9.17, 15) is 4.79 Å². The summed E-state index contributed by atoms with van der Waals surface area (Å²) in [6.07, 6.45) is 0. The lowest BCUT2D eigenvalue weighted by Gasteiger charge is -2.08. The maximum atomic E-state index is 12.2. The fourth-order valence-electron chi connectivity index (χ4n) is 1.82. The second kappa shape index (κ2) is 6.23. The van der Waals surface area contributed by atoms with E-state index >= 15 is 0 Å². The number of H-pyrrole nitrogens is 1. The van der Waals surface area contributed by atoms with Crippen molar-refractivity contribution in [1.82, 2.24) is 10.2 Å². The summed E-state index contributed by atoms with van der Waals surface area (Å²) >= 11 is 0. The van der Waals surface area contributed by atoms with Gasteiger partial charge in [-0.3, -0.25) is 9.89 Å². The number of aromatic nitrogens is 2. The van der Waals surface area contributed by atoms with Crippen molar-refractivity contribution in [3.8, 4) is 5.75 Å². The molecule has 0 saturated heterocycles. The second-order valence-corrected chi connectivity index (χ2v) is 4.75. The molecular weight excluding hydrogens is 254 g/mol. The van der Waals surface area contributed by atoms with Crippen molar-refractivity contribution in [3.05, 3.63) is 41.6 Å². The van der Waals surface area contributed by atoms with E-state index < -0.39 is 0 Å². The number of para-hydroxylation sites is 1. The van der Waals surface area contributed by atoms with Crippen LogP contribution in [0.15, 0.2) is 30.3 Å². The summed E-state index contributed by atoms with van der Waals surface area (Å²) < 4.78 is 5.45. The highest BCUT2D eigenvalue weighted by atomic mass is 16.5. The number of nitrogens with one attached hydrogen (secondary N) is 2. The Hall–Kier alpha value is -2.30. The summed E-state index contributed by atoms with van der Waals surface area (Å²) in [6, 6.07) is 9.00. The average Bonchev–Trinajstić information content (AvgIpc) is 2.88. The summed E-state index contributed by atoms with van der Waals surface area (Å²) in [7, 11) is 0. The third kappa shape index (κ3) is 3.17. The fourth-order valence-corrected chi connectivity index (χ4v) is 1.82. The predicted molar refractivity (Wildman–Crippen MR) is 78.2 cm³/mol. The van der Waals surface area contributed by atoms with Gasteiger partial charge in [-0.2, -0.15) is 5.10 Å². The number of amides is 1. The van der Waals surface area contributed by atoms with Crippen LogP contribution in [0.5, 0.6) is 5.75 Å². The van der Waals surface area contributed by atoms with Gasteiger partial charge in [0.15, 0.2) is 5.82 Å². The molecule has 0 radical (unpaired) electrons. The van der Waals surface area contributed by atoms with E-state index in [2.05, 4.69) is 29.4 Å². The second-order valence-electron chi connectivity index (χ2n) is 4.75. The zero-order chi connectivity index (χ0) is 14.5. The quantitative estimate of drug-likeness (QED) is 0.879. The molecule has 2 rings (SSSR count). The van der Waals surface area contributed by atoms with Crippen LogP contribution in [0.1, 0.15) is 42.7 Å². The van der Waals surface area contributed by atoms with E-state index in [0.29, 0.717) is 29.7 Å². The number of anilines is 1. The minimum atomic E-state index is -0.226. The predicted octanol–water partition coefficient (Wildman–Crippen LogP) is 3.18. The summed E-state index contributed by atoms with van der Waals surface area (Å²) in [4.78, 5) is 12.2. The van der Waals surface area contributed by atoms with Crippen LogP contribution in [0.4, 0.5) is 5.82 Å². The number of hydrogen-bond donors (Lipinski definition) is 2. The van der Waals surface area contributed by atoms with Crippen LogP contribution < -0.4 is 10.1 Å². The van der Waals surface area contributed by atoms with Gasteiger partial charge in [0.1, 0.15) is 5.75 Å². The molecule has 0 spiro atoms. The van der Waals surface area contributed by atoms with Crippen molar-refractivity contribution in [2.45, 2.75) is 26.7 Å². The van der Waals surface area contributed by atoms with E-state index in [1.165, 1.54) is 0 Å². The molecule has 0 aliphatic carbocycles. The molecule has 1 heterocycles. The molecule has 2 N–H and O–H groups in total. The number of ether oxygens (including phenoxy) is 1. The van der Waals surface area contributed by atoms with Crippen LogP contribution in [-0.2, 0) is 0 Å². The molecule has 0 unspecified atom stereocenters. The van der Waals surface area contributed by atoms with Gasteiger partial charge in [0, 0.05) is 11.8 Å². The van der Waals surface area contributed by atoms with Gasteiger partial charge >= 0.3 is 0 Å². The molecule has 0 bridgehead atoms. The lowest BCUT2D eigenvalue weighted by Crippen LogP contribution is -2.13. The molecule has 0 atom stereocenters. The van der Waals surface area contributed by atoms with E-state index in [1.54, 1.807) is 12.1 Å². The molecule has 0 saturated carbocycles. The molecule has 1 aromatic carbocycles. The Morgan fingerprint density at radius 3 is 2.80 bits per heavy atom. The highest BCUT2D eigenvalue weighted by Gasteiger charge is 2.14. The summed E-state index contributed by atoms with van der Waals surface area (Å²) in [6.45, 7) is 6.52. The van der Waals surface area contributed by atoms with Gasteiger partial charge in [0.25, 0.3) is 5.91 Å². The molecule has 5 heteroatoms. The molecule has 0 fully saturated rings. The van der Waals surface area contributed by atoms with Gasteiger partial charge in [-0.05, 0) is 25.0 Å². The molecule has 1 amide bonds. The van der Waals surface area contributed by atoms with E-state index in [0.717, 1.165) is 5.69 Å². The van der Waals surface area contributed by atoms with Gasteiger partial charge in [-0.1, -0.05) is 26.0 Å². The van der Waals surface area contributed by atoms with Crippen LogP contribution in [0.2, 0.25) is 0 Å². The number of carbonyl (C=O) groups excluding carboxylic acids is 1. The summed E-state index contributed by atoms with van der Waals surface area (Å²) in [5.41, 5.74) is 1.49. The van der Waals surface area contributed by atoms with E-state index in [-0.39, 0.29) is 5.91 Å². The smallest absolute Gasteiger partial charge is 0.260 e. The first-order valence-electron chi connectivity index (χ1n) is 6.70. The minimum absolute atomic E-state index is 0.226. The largest absolute Gasteiger partial charge is 0.493 e. The first kappa shape index (κ1) is 14.1. The molecule has 0 aliphatic heterocycles. The lowest BCUT2D eigenvalue weighted by molar-refractivity contribution is 0.102. The Labute approximate surface area is 118 Å². The highest BCUT2D eigenvalue weighted by molar-refractivity contribution is 6.05. The van der Waals surface area contributed by atoms with Crippen molar-refractivity contribution >= 4 is 11.7 Å². The number of nitrogens with zero attached hydrogens (tertiary/aromatic N) is 1. The number of benzene rings is 1. The van der Waals surface area contributed by atoms with Crippen molar-refractivity contribution in [2.75, 3.05) is 11.9 Å². The number of aromatic amines is 1. The maximum absolute atomic E-state index is 12.2. The Kier molecular flexibility index (Phi) is 4.40. The summed E-state index contributed by atoms with van der Waals surface area (Å²) in [5, 5.41) is 9.76. The minimum Gasteiger partial charge on any atom is -0.493 e. The maximum Gasteiger partial charge on any atom is 0.260 e. The van der Waals surface area contributed by atoms with Gasteiger partial charge in [-0.25, -0.2) is 0 Å². The van der Waals surface area contributed by atoms with E-state index in [4.69, 9.17) is 4.74 Å². The van der Waals surface area contributed by atoms with Crippen molar-refractivity contribution in [3.63, 3.8) is 0 Å². The Balaban J connectivity index is 2.15. The van der Waals surface area contributed by atoms with E-state index in [1.807, 2.05) is 25.1 Å². The highest BCUT2D eigenvalue weighted by Crippen LogP contribution is 2.20. The standard InChI is InChI=1S/C15H19N3O2/c1-4-20-13-8-6-5-7-11(13)15(19)16-14-9-12(10(2)3)17-18-14/h5-10H,4H2,1-3H3,(H2,16,17,18,19). The number of carbonyl (C=O) groups is 1. The first-order chi connectivity index (χ1) is 9.61. The van der Waals surface area contributed by atoms with Crippen LogP contribution in [0.3, 0.4) is 0 Å². The fraction of sp³-hybridized carbons (Fsp3) is 0.333. The molecular formula is C15H19N3O2. The van der Waals surface area contributed by atoms with Crippen LogP contribution in [-0.4, -0.2) is 22.7 Å². The van der Waals surface area contributed by atoms with Crippen LogP contribution >= 0.6 is 0 Å². The van der Waals surface area contributed by atoms with Gasteiger partial charge in [0.2, 0.25) is 0 Å². The van der Waals surface area contributed by atoms with Gasteiger partial charge in [-0.15, -0.1) is 0 Å². The summed E-state index contributed by atoms with van der Waals surface area (Å²) in [5.74, 6) is 1.21. The van der Waals surface area contributed by atoms with Crippen molar-refractivity contribution in [1.29, 1.82) is 0 Å². The van der Waals surface area contributed by atoms with Gasteiger partial charge < -0.3 is 10.1 Å². The zero-order valence-corrected chi connectivity index (χ0v) is 11.9. The molecule has 1 aromatic heterocycles. The molecule has 0 aliphatic rings.